The molecule has 3 N–H and O–H groups in total. The molecule has 0 saturated heterocycles. The molecule has 0 aliphatic heterocycles. The average molecular weight is 436 g/mol. The fraction of sp³-hybridized carbons (Fsp3) is 0.0435. The summed E-state index contributed by atoms with van der Waals surface area (Å²) in [6, 6.07) is 20.5. The zero-order chi connectivity index (χ0) is 22.4. The van der Waals surface area contributed by atoms with Gasteiger partial charge in [0.05, 0.1) is 17.1 Å². The van der Waals surface area contributed by atoms with Crippen LogP contribution in [0.4, 0.5) is 11.4 Å². The molecule has 8 heteroatoms. The molecule has 7 nitrogen and oxygen atoms in total. The molecule has 3 aromatic rings. The Morgan fingerprint density at radius 3 is 2.03 bits per heavy atom. The lowest BCUT2D eigenvalue weighted by Gasteiger charge is -2.23. The highest BCUT2D eigenvalue weighted by atomic mass is 32.2. The van der Waals surface area contributed by atoms with Crippen LogP contribution in [-0.2, 0) is 10.0 Å². The molecule has 0 fully saturated rings. The van der Waals surface area contributed by atoms with Crippen molar-refractivity contribution in [1.29, 1.82) is 0 Å². The first-order valence-electron chi connectivity index (χ1n) is 9.33. The fourth-order valence-electron chi connectivity index (χ4n) is 2.88. The predicted octanol–water partition coefficient (Wildman–Crippen LogP) is 3.42. The van der Waals surface area contributed by atoms with Crippen molar-refractivity contribution in [3.63, 3.8) is 0 Å². The number of carbonyl (C=O) groups is 2. The van der Waals surface area contributed by atoms with Crippen molar-refractivity contribution in [3.8, 4) is 0 Å². The first kappa shape index (κ1) is 21.8. The van der Waals surface area contributed by atoms with E-state index in [0.29, 0.717) is 22.5 Å². The summed E-state index contributed by atoms with van der Waals surface area (Å²) < 4.78 is 27.3. The van der Waals surface area contributed by atoms with Crippen molar-refractivity contribution in [2.24, 2.45) is 5.73 Å². The topological polar surface area (TPSA) is 110 Å². The lowest BCUT2D eigenvalue weighted by Crippen LogP contribution is -2.31. The van der Waals surface area contributed by atoms with Gasteiger partial charge in [0.2, 0.25) is 5.91 Å². The summed E-state index contributed by atoms with van der Waals surface area (Å²) in [5.41, 5.74) is 6.80. The number of amides is 2. The number of benzene rings is 3. The minimum absolute atomic E-state index is 0.0784. The minimum atomic E-state index is -3.79. The normalized spacial score (nSPS) is 10.8. The van der Waals surface area contributed by atoms with Crippen LogP contribution in [0.3, 0.4) is 0 Å². The summed E-state index contributed by atoms with van der Waals surface area (Å²) in [4.78, 5) is 23.8. The molecule has 0 bridgehead atoms. The predicted molar refractivity (Wildman–Crippen MR) is 121 cm³/mol. The first-order valence-corrected chi connectivity index (χ1v) is 10.8. The maximum atomic E-state index is 13.0. The Morgan fingerprint density at radius 2 is 1.48 bits per heavy atom. The highest BCUT2D eigenvalue weighted by Gasteiger charge is 2.24. The van der Waals surface area contributed by atoms with Gasteiger partial charge in [-0.15, -0.1) is 6.58 Å². The third-order valence-electron chi connectivity index (χ3n) is 4.47. The lowest BCUT2D eigenvalue weighted by atomic mass is 10.1. The van der Waals surface area contributed by atoms with Crippen molar-refractivity contribution < 1.29 is 18.0 Å². The largest absolute Gasteiger partial charge is 0.366 e. The van der Waals surface area contributed by atoms with Crippen LogP contribution in [0.25, 0.3) is 0 Å². The van der Waals surface area contributed by atoms with E-state index in [9.17, 15) is 18.0 Å². The number of rotatable bonds is 8. The van der Waals surface area contributed by atoms with Gasteiger partial charge in [0, 0.05) is 16.8 Å². The van der Waals surface area contributed by atoms with Gasteiger partial charge < -0.3 is 11.1 Å². The highest BCUT2D eigenvalue weighted by molar-refractivity contribution is 7.92. The Labute approximate surface area is 180 Å². The fourth-order valence-corrected chi connectivity index (χ4v) is 4.34. The Balaban J connectivity index is 1.80. The molecule has 3 aromatic carbocycles. The molecule has 158 valence electrons. The van der Waals surface area contributed by atoms with E-state index in [1.54, 1.807) is 54.6 Å². The van der Waals surface area contributed by atoms with Crippen LogP contribution < -0.4 is 15.4 Å². The summed E-state index contributed by atoms with van der Waals surface area (Å²) in [7, 11) is -3.79. The summed E-state index contributed by atoms with van der Waals surface area (Å²) in [5, 5.41) is 2.72. The molecular weight excluding hydrogens is 414 g/mol. The molecule has 3 rings (SSSR count). The summed E-state index contributed by atoms with van der Waals surface area (Å²) >= 11 is 0. The van der Waals surface area contributed by atoms with Crippen LogP contribution in [0.1, 0.15) is 20.7 Å². The van der Waals surface area contributed by atoms with Crippen molar-refractivity contribution >= 4 is 33.2 Å². The van der Waals surface area contributed by atoms with Gasteiger partial charge in [0.1, 0.15) is 0 Å². The summed E-state index contributed by atoms with van der Waals surface area (Å²) in [5.74, 6) is -0.928. The Morgan fingerprint density at radius 1 is 0.903 bits per heavy atom. The molecule has 0 aliphatic rings. The Hall–Kier alpha value is -3.91. The molecule has 31 heavy (non-hydrogen) atoms. The molecule has 0 heterocycles. The van der Waals surface area contributed by atoms with Crippen LogP contribution in [0.5, 0.6) is 0 Å². The third-order valence-corrected chi connectivity index (χ3v) is 6.28. The molecule has 0 aromatic heterocycles. The van der Waals surface area contributed by atoms with E-state index in [2.05, 4.69) is 11.9 Å². The van der Waals surface area contributed by atoms with Gasteiger partial charge in [-0.05, 0) is 60.7 Å². The number of hydrogen-bond acceptors (Lipinski definition) is 4. The molecule has 0 unspecified atom stereocenters. The van der Waals surface area contributed by atoms with E-state index in [1.807, 2.05) is 0 Å². The van der Waals surface area contributed by atoms with Crippen LogP contribution in [-0.4, -0.2) is 26.8 Å². The third kappa shape index (κ3) is 4.99. The summed E-state index contributed by atoms with van der Waals surface area (Å²) in [6.45, 7) is 3.72. The van der Waals surface area contributed by atoms with Gasteiger partial charge >= 0.3 is 0 Å². The van der Waals surface area contributed by atoms with E-state index in [-0.39, 0.29) is 17.3 Å². The summed E-state index contributed by atoms with van der Waals surface area (Å²) in [6.07, 6.45) is 1.50. The van der Waals surface area contributed by atoms with Gasteiger partial charge in [-0.3, -0.25) is 13.9 Å². The van der Waals surface area contributed by atoms with E-state index in [1.165, 1.54) is 34.6 Å². The average Bonchev–Trinajstić information content (AvgIpc) is 2.78. The number of nitrogens with zero attached hydrogens (tertiary/aromatic N) is 1. The van der Waals surface area contributed by atoms with Gasteiger partial charge in [0.15, 0.2) is 0 Å². The zero-order valence-corrected chi connectivity index (χ0v) is 17.4. The SMILES string of the molecule is C=CCN(c1ccc(C(=O)Nc2ccc(C(N)=O)cc2)cc1)S(=O)(=O)c1ccccc1. The molecule has 0 radical (unpaired) electrons. The van der Waals surface area contributed by atoms with Crippen LogP contribution in [0, 0.1) is 0 Å². The first-order chi connectivity index (χ1) is 14.8. The van der Waals surface area contributed by atoms with Gasteiger partial charge in [0.25, 0.3) is 15.9 Å². The van der Waals surface area contributed by atoms with Crippen molar-refractivity contribution in [3.05, 3.63) is 103 Å². The van der Waals surface area contributed by atoms with E-state index in [0.717, 1.165) is 0 Å². The van der Waals surface area contributed by atoms with E-state index < -0.39 is 15.9 Å². The second-order valence-corrected chi connectivity index (χ2v) is 8.44. The smallest absolute Gasteiger partial charge is 0.264 e. The lowest BCUT2D eigenvalue weighted by molar-refractivity contribution is 0.0998. The second kappa shape index (κ2) is 9.27. The number of carbonyl (C=O) groups excluding carboxylic acids is 2. The monoisotopic (exact) mass is 435 g/mol. The quantitative estimate of drug-likeness (QED) is 0.528. The molecule has 0 atom stereocenters. The van der Waals surface area contributed by atoms with Gasteiger partial charge in [-0.1, -0.05) is 24.3 Å². The van der Waals surface area contributed by atoms with Crippen LogP contribution in [0.15, 0.2) is 96.4 Å². The van der Waals surface area contributed by atoms with Gasteiger partial charge in [-0.2, -0.15) is 0 Å². The number of hydrogen-bond donors (Lipinski definition) is 2. The van der Waals surface area contributed by atoms with Crippen LogP contribution >= 0.6 is 0 Å². The number of nitrogens with one attached hydrogen (secondary N) is 1. The number of anilines is 2. The molecule has 0 saturated carbocycles. The molecule has 2 amide bonds. The Kier molecular flexibility index (Phi) is 6.52. The molecular formula is C23H21N3O4S. The van der Waals surface area contributed by atoms with Crippen molar-refractivity contribution in [2.75, 3.05) is 16.2 Å². The van der Waals surface area contributed by atoms with Crippen molar-refractivity contribution in [1.82, 2.24) is 0 Å². The maximum absolute atomic E-state index is 13.0. The standard InChI is InChI=1S/C23H21N3O4S/c1-2-16-26(31(29,30)21-6-4-3-5-7-21)20-14-10-18(11-15-20)23(28)25-19-12-8-17(9-13-19)22(24)27/h2-15H,1,16H2,(H2,24,27)(H,25,28). The Bertz CT molecular complexity index is 1190. The molecule has 0 spiro atoms. The van der Waals surface area contributed by atoms with Gasteiger partial charge in [-0.25, -0.2) is 8.42 Å². The maximum Gasteiger partial charge on any atom is 0.264 e. The van der Waals surface area contributed by atoms with E-state index >= 15 is 0 Å². The second-order valence-electron chi connectivity index (χ2n) is 6.58. The van der Waals surface area contributed by atoms with Crippen LogP contribution in [0.2, 0.25) is 0 Å². The molecule has 0 aliphatic carbocycles. The van der Waals surface area contributed by atoms with E-state index in [4.69, 9.17) is 5.73 Å². The highest BCUT2D eigenvalue weighted by Crippen LogP contribution is 2.24. The number of primary amides is 1. The number of sulfonamides is 1. The zero-order valence-electron chi connectivity index (χ0n) is 16.6. The number of nitrogens with two attached hydrogens (primary N) is 1. The van der Waals surface area contributed by atoms with Crippen molar-refractivity contribution in [2.45, 2.75) is 4.90 Å². The minimum Gasteiger partial charge on any atom is -0.366 e.